The third-order valence-corrected chi connectivity index (χ3v) is 1.88. The van der Waals surface area contributed by atoms with E-state index in [9.17, 15) is 18.4 Å². The summed E-state index contributed by atoms with van der Waals surface area (Å²) in [5, 5.41) is 12.8. The molecule has 0 aliphatic rings. The normalized spacial score (nSPS) is 12.2. The minimum Gasteiger partial charge on any atom is -0.481 e. The molecule has 0 heterocycles. The van der Waals surface area contributed by atoms with Gasteiger partial charge >= 0.3 is 12.0 Å². The molecule has 0 saturated carbocycles. The minimum atomic E-state index is -2.57. The predicted molar refractivity (Wildman–Crippen MR) is 53.4 cm³/mol. The topological polar surface area (TPSA) is 78.4 Å². The number of alkyl halides is 2. The van der Waals surface area contributed by atoms with Gasteiger partial charge in [-0.1, -0.05) is 6.92 Å². The van der Waals surface area contributed by atoms with E-state index in [2.05, 4.69) is 5.32 Å². The van der Waals surface area contributed by atoms with Crippen LogP contribution >= 0.6 is 0 Å². The Hall–Kier alpha value is -1.40. The van der Waals surface area contributed by atoms with Crippen LogP contribution in [0.15, 0.2) is 0 Å². The van der Waals surface area contributed by atoms with Crippen LogP contribution in [0.4, 0.5) is 13.6 Å². The Balaban J connectivity index is 3.54. The van der Waals surface area contributed by atoms with Gasteiger partial charge in [-0.2, -0.15) is 0 Å². The summed E-state index contributed by atoms with van der Waals surface area (Å²) in [6.45, 7) is 1.36. The molecule has 94 valence electrons. The molecule has 2 amide bonds. The Morgan fingerprint density at radius 2 is 1.81 bits per heavy atom. The summed E-state index contributed by atoms with van der Waals surface area (Å²) in [7, 11) is 0. The molecular formula is C9H16F2N2O3. The number of rotatable bonds is 7. The van der Waals surface area contributed by atoms with E-state index < -0.39 is 25.0 Å². The van der Waals surface area contributed by atoms with Gasteiger partial charge in [-0.3, -0.25) is 4.79 Å². The zero-order chi connectivity index (χ0) is 12.6. The highest BCUT2D eigenvalue weighted by Gasteiger charge is 2.09. The molecule has 1 atom stereocenters. The number of carbonyl (C=O) groups excluding carboxylic acids is 1. The molecule has 0 fully saturated rings. The molecule has 7 heteroatoms. The fourth-order valence-electron chi connectivity index (χ4n) is 0.971. The summed E-state index contributed by atoms with van der Waals surface area (Å²) < 4.78 is 23.4. The maximum absolute atomic E-state index is 11.7. The van der Waals surface area contributed by atoms with E-state index in [1.54, 1.807) is 6.92 Å². The minimum absolute atomic E-state index is 0.00611. The lowest BCUT2D eigenvalue weighted by Crippen LogP contribution is -2.39. The molecule has 0 saturated heterocycles. The molecule has 0 aliphatic carbocycles. The second-order valence-electron chi connectivity index (χ2n) is 3.52. The van der Waals surface area contributed by atoms with E-state index in [0.29, 0.717) is 6.42 Å². The number of hydrogen-bond acceptors (Lipinski definition) is 2. The van der Waals surface area contributed by atoms with Gasteiger partial charge in [0.15, 0.2) is 0 Å². The van der Waals surface area contributed by atoms with E-state index in [0.717, 1.165) is 0 Å². The second kappa shape index (κ2) is 7.84. The summed E-state index contributed by atoms with van der Waals surface area (Å²) in [4.78, 5) is 21.2. The average molecular weight is 238 g/mol. The summed E-state index contributed by atoms with van der Waals surface area (Å²) >= 11 is 0. The van der Waals surface area contributed by atoms with Crippen LogP contribution in [0.5, 0.6) is 0 Å². The van der Waals surface area contributed by atoms with Crippen LogP contribution < -0.4 is 10.6 Å². The maximum Gasteiger partial charge on any atom is 0.314 e. The molecule has 0 radical (unpaired) electrons. The number of halogens is 2. The Morgan fingerprint density at radius 3 is 2.31 bits per heavy atom. The molecule has 16 heavy (non-hydrogen) atoms. The molecule has 0 aromatic rings. The first-order chi connectivity index (χ1) is 7.41. The SMILES string of the molecule is CC(CCC(=O)O)CNC(=O)NCC(F)F. The number of carboxylic acid groups (broad SMARTS) is 1. The predicted octanol–water partition coefficient (Wildman–Crippen LogP) is 1.05. The standard InChI is InChI=1S/C9H16F2N2O3/c1-6(2-3-8(14)15)4-12-9(16)13-5-7(10)11/h6-7H,2-5H2,1H3,(H,14,15)(H2,12,13,16). The summed E-state index contributed by atoms with van der Waals surface area (Å²) in [6.07, 6.45) is -2.11. The fraction of sp³-hybridized carbons (Fsp3) is 0.778. The van der Waals surface area contributed by atoms with Crippen LogP contribution in [0.25, 0.3) is 0 Å². The van der Waals surface area contributed by atoms with Crippen LogP contribution in [0, 0.1) is 5.92 Å². The molecule has 0 aromatic carbocycles. The quantitative estimate of drug-likeness (QED) is 0.620. The Morgan fingerprint density at radius 1 is 1.25 bits per heavy atom. The first kappa shape index (κ1) is 14.6. The van der Waals surface area contributed by atoms with Gasteiger partial charge in [0.05, 0.1) is 6.54 Å². The number of carbonyl (C=O) groups is 2. The summed E-state index contributed by atoms with van der Waals surface area (Å²) in [5.41, 5.74) is 0. The molecule has 0 bridgehead atoms. The average Bonchev–Trinajstić information content (AvgIpc) is 2.20. The van der Waals surface area contributed by atoms with E-state index in [-0.39, 0.29) is 18.9 Å². The van der Waals surface area contributed by atoms with Gasteiger partial charge in [0.1, 0.15) is 0 Å². The van der Waals surface area contributed by atoms with Crippen LogP contribution in [0.2, 0.25) is 0 Å². The Labute approximate surface area is 92.2 Å². The van der Waals surface area contributed by atoms with Crippen molar-refractivity contribution < 1.29 is 23.5 Å². The molecule has 0 rings (SSSR count). The fourth-order valence-corrected chi connectivity index (χ4v) is 0.971. The van der Waals surface area contributed by atoms with Crippen LogP contribution in [-0.2, 0) is 4.79 Å². The number of carboxylic acids is 1. The zero-order valence-corrected chi connectivity index (χ0v) is 9.00. The van der Waals surface area contributed by atoms with Gasteiger partial charge in [-0.25, -0.2) is 13.6 Å². The van der Waals surface area contributed by atoms with E-state index in [1.807, 2.05) is 5.32 Å². The van der Waals surface area contributed by atoms with Crippen molar-refractivity contribution in [2.24, 2.45) is 5.92 Å². The molecule has 5 nitrogen and oxygen atoms in total. The van der Waals surface area contributed by atoms with Crippen molar-refractivity contribution in [2.75, 3.05) is 13.1 Å². The lowest BCUT2D eigenvalue weighted by Gasteiger charge is -2.12. The van der Waals surface area contributed by atoms with Crippen molar-refractivity contribution in [3.05, 3.63) is 0 Å². The van der Waals surface area contributed by atoms with E-state index in [4.69, 9.17) is 5.11 Å². The zero-order valence-electron chi connectivity index (χ0n) is 9.00. The summed E-state index contributed by atoms with van der Waals surface area (Å²) in [5.74, 6) is -0.901. The number of urea groups is 1. The number of amides is 2. The number of nitrogens with one attached hydrogen (secondary N) is 2. The van der Waals surface area contributed by atoms with E-state index >= 15 is 0 Å². The van der Waals surface area contributed by atoms with Gasteiger partial charge < -0.3 is 15.7 Å². The Bertz CT molecular complexity index is 237. The number of hydrogen-bond donors (Lipinski definition) is 3. The lowest BCUT2D eigenvalue weighted by molar-refractivity contribution is -0.137. The molecule has 0 aliphatic heterocycles. The third-order valence-electron chi connectivity index (χ3n) is 1.88. The van der Waals surface area contributed by atoms with Gasteiger partial charge in [0.25, 0.3) is 6.43 Å². The van der Waals surface area contributed by atoms with E-state index in [1.165, 1.54) is 0 Å². The molecular weight excluding hydrogens is 222 g/mol. The van der Waals surface area contributed by atoms with Crippen molar-refractivity contribution in [3.63, 3.8) is 0 Å². The molecule has 0 aromatic heterocycles. The number of aliphatic carboxylic acids is 1. The maximum atomic E-state index is 11.7. The second-order valence-corrected chi connectivity index (χ2v) is 3.52. The molecule has 1 unspecified atom stereocenters. The van der Waals surface area contributed by atoms with Crippen molar-refractivity contribution >= 4 is 12.0 Å². The first-order valence-corrected chi connectivity index (χ1v) is 4.93. The highest BCUT2D eigenvalue weighted by molar-refractivity contribution is 5.73. The van der Waals surface area contributed by atoms with Gasteiger partial charge in [0.2, 0.25) is 0 Å². The molecule has 3 N–H and O–H groups in total. The van der Waals surface area contributed by atoms with Crippen LogP contribution in [-0.4, -0.2) is 36.6 Å². The molecule has 0 spiro atoms. The smallest absolute Gasteiger partial charge is 0.314 e. The monoisotopic (exact) mass is 238 g/mol. The van der Waals surface area contributed by atoms with Gasteiger partial charge in [-0.15, -0.1) is 0 Å². The van der Waals surface area contributed by atoms with Crippen LogP contribution in [0.1, 0.15) is 19.8 Å². The van der Waals surface area contributed by atoms with Crippen molar-refractivity contribution in [1.82, 2.24) is 10.6 Å². The largest absolute Gasteiger partial charge is 0.481 e. The highest BCUT2D eigenvalue weighted by atomic mass is 19.3. The van der Waals surface area contributed by atoms with Crippen molar-refractivity contribution in [1.29, 1.82) is 0 Å². The Kier molecular flexibility index (Phi) is 7.15. The first-order valence-electron chi connectivity index (χ1n) is 4.93. The van der Waals surface area contributed by atoms with Gasteiger partial charge in [0, 0.05) is 13.0 Å². The third kappa shape index (κ3) is 9.17. The van der Waals surface area contributed by atoms with Gasteiger partial charge in [-0.05, 0) is 12.3 Å². The highest BCUT2D eigenvalue weighted by Crippen LogP contribution is 2.03. The van der Waals surface area contributed by atoms with Crippen molar-refractivity contribution in [2.45, 2.75) is 26.2 Å². The van der Waals surface area contributed by atoms with Crippen LogP contribution in [0.3, 0.4) is 0 Å². The van der Waals surface area contributed by atoms with Crippen molar-refractivity contribution in [3.8, 4) is 0 Å². The lowest BCUT2D eigenvalue weighted by atomic mass is 10.1. The summed E-state index contributed by atoms with van der Waals surface area (Å²) in [6, 6.07) is -0.664.